The number of hydrogen-bond donors (Lipinski definition) is 1. The van der Waals surface area contributed by atoms with Crippen LogP contribution in [-0.4, -0.2) is 76.2 Å². The van der Waals surface area contributed by atoms with Gasteiger partial charge in [0.1, 0.15) is 5.01 Å². The molecule has 0 amide bonds. The van der Waals surface area contributed by atoms with Crippen LogP contribution in [0.25, 0.3) is 42.8 Å². The Morgan fingerprint density at radius 3 is 2.36 bits per heavy atom. The second-order valence-corrected chi connectivity index (χ2v) is 14.8. The molecular formula is C34H39ClN5O3S+. The molecule has 5 aromatic rings. The Balaban J connectivity index is 1.52. The fraction of sp³-hybridized carbons (Fsp3) is 0.382. The number of anilines is 1. The van der Waals surface area contributed by atoms with Crippen LogP contribution in [0.4, 0.5) is 5.82 Å². The number of aliphatic carboxylic acids is 1. The number of aryl methyl sites for hydroxylation is 2. The van der Waals surface area contributed by atoms with Gasteiger partial charge in [0, 0.05) is 34.1 Å². The van der Waals surface area contributed by atoms with Crippen LogP contribution in [0.15, 0.2) is 48.5 Å². The number of carboxylic acid groups (broad SMARTS) is 1. The van der Waals surface area contributed by atoms with E-state index in [1.165, 1.54) is 0 Å². The van der Waals surface area contributed by atoms with Gasteiger partial charge in [0.05, 0.1) is 61.6 Å². The second kappa shape index (κ2) is 11.1. The summed E-state index contributed by atoms with van der Waals surface area (Å²) in [6.07, 6.45) is -1.15. The molecule has 0 spiro atoms. The standard InChI is InChI=1S/C34H38ClN5O3S/c1-20-18-25-30(28(21-8-11-23(35)12-9-21)27(20)29(33(41)42)43-34(2,3)4)44-32(36-25)22-10-13-26-24(19-22)31(37-38(26)5)39-14-16-40(6,7)17-15-39/h8-13,18-19,29H,14-17H2,1-7H3/p+1/t29-/m0/s1. The summed E-state index contributed by atoms with van der Waals surface area (Å²) in [6, 6.07) is 15.9. The summed E-state index contributed by atoms with van der Waals surface area (Å²) in [7, 11) is 6.55. The number of thiazole rings is 1. The van der Waals surface area contributed by atoms with E-state index in [4.69, 9.17) is 26.4 Å². The van der Waals surface area contributed by atoms with E-state index in [2.05, 4.69) is 37.2 Å². The number of piperazine rings is 1. The van der Waals surface area contributed by atoms with E-state index in [9.17, 15) is 9.90 Å². The molecule has 1 aliphatic rings. The number of fused-ring (bicyclic) bond motifs is 2. The molecule has 230 valence electrons. The lowest BCUT2D eigenvalue weighted by Gasteiger charge is -2.39. The lowest BCUT2D eigenvalue weighted by molar-refractivity contribution is -0.890. The van der Waals surface area contributed by atoms with Gasteiger partial charge in [-0.1, -0.05) is 23.7 Å². The van der Waals surface area contributed by atoms with Crippen LogP contribution >= 0.6 is 22.9 Å². The normalized spacial score (nSPS) is 16.1. The summed E-state index contributed by atoms with van der Waals surface area (Å²) in [5.74, 6) is -0.0226. The van der Waals surface area contributed by atoms with Gasteiger partial charge in [-0.25, -0.2) is 9.78 Å². The Morgan fingerprint density at radius 2 is 1.73 bits per heavy atom. The lowest BCUT2D eigenvalue weighted by atomic mass is 9.91. The number of benzene rings is 3. The fourth-order valence-electron chi connectivity index (χ4n) is 5.99. The maximum atomic E-state index is 12.7. The highest BCUT2D eigenvalue weighted by Gasteiger charge is 2.33. The minimum Gasteiger partial charge on any atom is -0.479 e. The molecule has 1 saturated heterocycles. The molecule has 1 N–H and O–H groups in total. The van der Waals surface area contributed by atoms with Crippen molar-refractivity contribution < 1.29 is 19.1 Å². The van der Waals surface area contributed by atoms with Crippen molar-refractivity contribution in [2.24, 2.45) is 7.05 Å². The van der Waals surface area contributed by atoms with Gasteiger partial charge in [0.15, 0.2) is 11.9 Å². The van der Waals surface area contributed by atoms with Crippen LogP contribution in [0.5, 0.6) is 0 Å². The summed E-state index contributed by atoms with van der Waals surface area (Å²) in [5, 5.41) is 17.9. The van der Waals surface area contributed by atoms with Crippen molar-refractivity contribution in [1.29, 1.82) is 0 Å². The number of aromatic nitrogens is 3. The zero-order chi connectivity index (χ0) is 31.6. The van der Waals surface area contributed by atoms with Crippen molar-refractivity contribution in [3.05, 3.63) is 64.7 Å². The van der Waals surface area contributed by atoms with Crippen LogP contribution in [-0.2, 0) is 16.6 Å². The molecule has 3 aromatic carbocycles. The van der Waals surface area contributed by atoms with Crippen LogP contribution in [0, 0.1) is 6.92 Å². The average molecular weight is 633 g/mol. The predicted molar refractivity (Wildman–Crippen MR) is 180 cm³/mol. The van der Waals surface area contributed by atoms with Crippen LogP contribution < -0.4 is 4.90 Å². The van der Waals surface area contributed by atoms with Gasteiger partial charge >= 0.3 is 5.97 Å². The van der Waals surface area contributed by atoms with E-state index < -0.39 is 17.7 Å². The molecule has 0 radical (unpaired) electrons. The Hall–Kier alpha value is -3.50. The third-order valence-electron chi connectivity index (χ3n) is 8.35. The highest BCUT2D eigenvalue weighted by Crippen LogP contribution is 2.45. The molecule has 1 atom stereocenters. The molecule has 10 heteroatoms. The van der Waals surface area contributed by atoms with Gasteiger partial charge in [-0.15, -0.1) is 11.3 Å². The number of carboxylic acids is 1. The Labute approximate surface area is 267 Å². The third-order valence-corrected chi connectivity index (χ3v) is 9.74. The Bertz CT molecular complexity index is 1880. The second-order valence-electron chi connectivity index (χ2n) is 13.4. The monoisotopic (exact) mass is 632 g/mol. The molecule has 6 rings (SSSR count). The van der Waals surface area contributed by atoms with Crippen molar-refractivity contribution >= 4 is 55.8 Å². The quantitative estimate of drug-likeness (QED) is 0.198. The van der Waals surface area contributed by atoms with E-state index in [-0.39, 0.29) is 0 Å². The number of rotatable bonds is 6. The van der Waals surface area contributed by atoms with Crippen molar-refractivity contribution in [3.63, 3.8) is 0 Å². The predicted octanol–water partition coefficient (Wildman–Crippen LogP) is 7.32. The molecule has 2 aromatic heterocycles. The van der Waals surface area contributed by atoms with E-state index in [1.807, 2.05) is 69.8 Å². The maximum absolute atomic E-state index is 12.7. The smallest absolute Gasteiger partial charge is 0.337 e. The zero-order valence-electron chi connectivity index (χ0n) is 26.3. The molecular weight excluding hydrogens is 594 g/mol. The van der Waals surface area contributed by atoms with E-state index in [0.29, 0.717) is 10.6 Å². The fourth-order valence-corrected chi connectivity index (χ4v) is 7.24. The SMILES string of the molecule is Cc1cc2nc(-c3ccc4c(c3)c(N3CC[N+](C)(C)CC3)nn4C)sc2c(-c2ccc(Cl)cc2)c1[C@H](OC(C)(C)C)C(=O)O. The van der Waals surface area contributed by atoms with Crippen LogP contribution in [0.1, 0.15) is 38.0 Å². The zero-order valence-corrected chi connectivity index (χ0v) is 27.9. The molecule has 1 aliphatic heterocycles. The molecule has 0 saturated carbocycles. The lowest BCUT2D eigenvalue weighted by Crippen LogP contribution is -2.55. The number of ether oxygens (including phenoxy) is 1. The van der Waals surface area contributed by atoms with Crippen molar-refractivity contribution in [2.45, 2.75) is 39.4 Å². The van der Waals surface area contributed by atoms with Gasteiger partial charge in [0.25, 0.3) is 0 Å². The third kappa shape index (κ3) is 5.81. The number of hydrogen-bond acceptors (Lipinski definition) is 6. The molecule has 0 aliphatic carbocycles. The van der Waals surface area contributed by atoms with Crippen molar-refractivity contribution in [2.75, 3.05) is 45.2 Å². The summed E-state index contributed by atoms with van der Waals surface area (Å²) in [6.45, 7) is 11.6. The van der Waals surface area contributed by atoms with Gasteiger partial charge in [-0.05, 0) is 75.2 Å². The van der Waals surface area contributed by atoms with Crippen molar-refractivity contribution in [1.82, 2.24) is 14.8 Å². The van der Waals surface area contributed by atoms with E-state index in [0.717, 1.165) is 84.9 Å². The molecule has 3 heterocycles. The van der Waals surface area contributed by atoms with Crippen LogP contribution in [0.2, 0.25) is 5.02 Å². The van der Waals surface area contributed by atoms with E-state index >= 15 is 0 Å². The van der Waals surface area contributed by atoms with E-state index in [1.54, 1.807) is 11.3 Å². The highest BCUT2D eigenvalue weighted by atomic mass is 35.5. The first kappa shape index (κ1) is 30.5. The van der Waals surface area contributed by atoms with Crippen molar-refractivity contribution in [3.8, 4) is 21.7 Å². The molecule has 0 unspecified atom stereocenters. The summed E-state index contributed by atoms with van der Waals surface area (Å²) in [4.78, 5) is 20.2. The summed E-state index contributed by atoms with van der Waals surface area (Å²) < 4.78 is 10.0. The highest BCUT2D eigenvalue weighted by molar-refractivity contribution is 7.22. The van der Waals surface area contributed by atoms with Gasteiger partial charge < -0.3 is 19.2 Å². The van der Waals surface area contributed by atoms with Gasteiger partial charge in [-0.3, -0.25) is 4.68 Å². The number of carbonyl (C=O) groups is 1. The largest absolute Gasteiger partial charge is 0.479 e. The van der Waals surface area contributed by atoms with Gasteiger partial charge in [0.2, 0.25) is 0 Å². The number of nitrogens with zero attached hydrogens (tertiary/aromatic N) is 5. The number of halogens is 1. The molecule has 8 nitrogen and oxygen atoms in total. The number of likely N-dealkylation sites (N-methyl/N-ethyl adjacent to an activating group) is 1. The van der Waals surface area contributed by atoms with Crippen LogP contribution in [0.3, 0.4) is 0 Å². The molecule has 44 heavy (non-hydrogen) atoms. The maximum Gasteiger partial charge on any atom is 0.337 e. The Morgan fingerprint density at radius 1 is 1.07 bits per heavy atom. The minimum atomic E-state index is -1.15. The number of quaternary nitrogens is 1. The topological polar surface area (TPSA) is 80.5 Å². The molecule has 1 fully saturated rings. The first-order valence-electron chi connectivity index (χ1n) is 14.9. The Kier molecular flexibility index (Phi) is 7.73. The van der Waals surface area contributed by atoms with Gasteiger partial charge in [-0.2, -0.15) is 5.10 Å². The minimum absolute atomic E-state index is 0.613. The first-order chi connectivity index (χ1) is 20.7. The summed E-state index contributed by atoms with van der Waals surface area (Å²) >= 11 is 7.83. The summed E-state index contributed by atoms with van der Waals surface area (Å²) in [5.41, 5.74) is 5.36. The average Bonchev–Trinajstić information content (AvgIpc) is 3.52. The molecule has 0 bridgehead atoms. The first-order valence-corrected chi connectivity index (χ1v) is 16.0.